The molecule has 1 amide bonds. The van der Waals surface area contributed by atoms with Crippen LogP contribution in [0.25, 0.3) is 0 Å². The molecule has 0 aliphatic heterocycles. The highest BCUT2D eigenvalue weighted by atomic mass is 35.5. The summed E-state index contributed by atoms with van der Waals surface area (Å²) >= 11 is 7.28. The molecule has 2 aromatic rings. The molecule has 1 aromatic carbocycles. The molecule has 21 heavy (non-hydrogen) atoms. The third-order valence-electron chi connectivity index (χ3n) is 3.01. The van der Waals surface area contributed by atoms with Gasteiger partial charge in [-0.1, -0.05) is 29.4 Å². The number of amides is 1. The summed E-state index contributed by atoms with van der Waals surface area (Å²) in [5.74, 6) is 6.22. The van der Waals surface area contributed by atoms with E-state index in [0.717, 1.165) is 5.56 Å². The molecule has 0 unspecified atom stereocenters. The minimum absolute atomic E-state index is 0.147. The molecule has 1 atom stereocenters. The van der Waals surface area contributed by atoms with E-state index in [-0.39, 0.29) is 11.2 Å². The van der Waals surface area contributed by atoms with Crippen molar-refractivity contribution in [1.29, 1.82) is 0 Å². The number of hydrogen-bond donors (Lipinski definition) is 2. The van der Waals surface area contributed by atoms with Crippen molar-refractivity contribution in [2.75, 3.05) is 11.2 Å². The van der Waals surface area contributed by atoms with Crippen molar-refractivity contribution in [3.63, 3.8) is 0 Å². The van der Waals surface area contributed by atoms with Crippen LogP contribution in [0.3, 0.4) is 0 Å². The summed E-state index contributed by atoms with van der Waals surface area (Å²) in [6, 6.07) is 5.39. The molecule has 2 rings (SSSR count). The number of halogens is 1. The van der Waals surface area contributed by atoms with Crippen LogP contribution in [0.5, 0.6) is 0 Å². The van der Waals surface area contributed by atoms with Gasteiger partial charge in [0.25, 0.3) is 0 Å². The summed E-state index contributed by atoms with van der Waals surface area (Å²) in [7, 11) is 0. The summed E-state index contributed by atoms with van der Waals surface area (Å²) in [5.41, 5.74) is 1.54. The molecule has 0 aliphatic carbocycles. The Kier molecular flexibility index (Phi) is 4.74. The van der Waals surface area contributed by atoms with E-state index in [1.54, 1.807) is 26.0 Å². The van der Waals surface area contributed by atoms with Gasteiger partial charge >= 0.3 is 0 Å². The lowest BCUT2D eigenvalue weighted by atomic mass is 10.2. The van der Waals surface area contributed by atoms with Crippen molar-refractivity contribution in [1.82, 2.24) is 14.9 Å². The van der Waals surface area contributed by atoms with Crippen molar-refractivity contribution in [2.45, 2.75) is 31.2 Å². The fourth-order valence-corrected chi connectivity index (χ4v) is 2.61. The molecule has 0 aliphatic rings. The van der Waals surface area contributed by atoms with Crippen molar-refractivity contribution in [3.05, 3.63) is 34.6 Å². The Labute approximate surface area is 132 Å². The number of nitrogen functional groups attached to an aromatic ring is 1. The normalized spacial score (nSPS) is 12.2. The Morgan fingerprint density at radius 1 is 1.43 bits per heavy atom. The highest BCUT2D eigenvalue weighted by molar-refractivity contribution is 8.00. The number of rotatable bonds is 4. The van der Waals surface area contributed by atoms with E-state index in [2.05, 4.69) is 15.5 Å². The van der Waals surface area contributed by atoms with Crippen LogP contribution in [0.4, 0.5) is 5.69 Å². The fourth-order valence-electron chi connectivity index (χ4n) is 1.62. The van der Waals surface area contributed by atoms with E-state index in [0.29, 0.717) is 21.7 Å². The third-order valence-corrected chi connectivity index (χ3v) is 4.48. The van der Waals surface area contributed by atoms with Crippen LogP contribution in [0.15, 0.2) is 23.4 Å². The Morgan fingerprint density at radius 2 is 2.14 bits per heavy atom. The largest absolute Gasteiger partial charge is 0.336 e. The zero-order valence-corrected chi connectivity index (χ0v) is 13.5. The maximum atomic E-state index is 12.2. The van der Waals surface area contributed by atoms with Gasteiger partial charge < -0.3 is 11.2 Å². The SMILES string of the molecule is Cc1c(Cl)cccc1NC(=O)[C@H](C)Sc1nnc(C)n1N. The number of hydrogen-bond acceptors (Lipinski definition) is 5. The smallest absolute Gasteiger partial charge is 0.237 e. The summed E-state index contributed by atoms with van der Waals surface area (Å²) in [4.78, 5) is 12.2. The van der Waals surface area contributed by atoms with E-state index in [4.69, 9.17) is 17.4 Å². The van der Waals surface area contributed by atoms with Gasteiger partial charge in [-0.3, -0.25) is 4.79 Å². The Morgan fingerprint density at radius 3 is 2.76 bits per heavy atom. The molecule has 6 nitrogen and oxygen atoms in total. The minimum Gasteiger partial charge on any atom is -0.336 e. The van der Waals surface area contributed by atoms with Crippen LogP contribution in [0.2, 0.25) is 5.02 Å². The van der Waals surface area contributed by atoms with Gasteiger partial charge in [-0.05, 0) is 38.5 Å². The lowest BCUT2D eigenvalue weighted by Gasteiger charge is -2.13. The van der Waals surface area contributed by atoms with Crippen LogP contribution in [-0.2, 0) is 4.79 Å². The molecule has 1 aromatic heterocycles. The number of nitrogens with two attached hydrogens (primary N) is 1. The maximum Gasteiger partial charge on any atom is 0.237 e. The summed E-state index contributed by atoms with van der Waals surface area (Å²) < 4.78 is 1.36. The summed E-state index contributed by atoms with van der Waals surface area (Å²) in [6.45, 7) is 5.39. The molecule has 3 N–H and O–H groups in total. The molecule has 8 heteroatoms. The van der Waals surface area contributed by atoms with Gasteiger partial charge in [0.2, 0.25) is 11.1 Å². The van der Waals surface area contributed by atoms with E-state index >= 15 is 0 Å². The second-order valence-corrected chi connectivity index (χ2v) is 6.28. The predicted molar refractivity (Wildman–Crippen MR) is 85.0 cm³/mol. The molecule has 0 radical (unpaired) electrons. The average molecular weight is 326 g/mol. The zero-order chi connectivity index (χ0) is 15.6. The lowest BCUT2D eigenvalue weighted by Crippen LogP contribution is -2.24. The van der Waals surface area contributed by atoms with E-state index in [1.165, 1.54) is 16.4 Å². The van der Waals surface area contributed by atoms with Crippen molar-refractivity contribution in [2.24, 2.45) is 0 Å². The first kappa shape index (κ1) is 15.7. The van der Waals surface area contributed by atoms with Gasteiger partial charge in [0, 0.05) is 10.7 Å². The van der Waals surface area contributed by atoms with Crippen LogP contribution >= 0.6 is 23.4 Å². The Hall–Kier alpha value is -1.73. The topological polar surface area (TPSA) is 85.8 Å². The highest BCUT2D eigenvalue weighted by Crippen LogP contribution is 2.25. The molecule has 0 saturated heterocycles. The van der Waals surface area contributed by atoms with E-state index in [9.17, 15) is 4.79 Å². The van der Waals surface area contributed by atoms with Crippen LogP contribution in [0, 0.1) is 13.8 Å². The van der Waals surface area contributed by atoms with Gasteiger partial charge in [-0.25, -0.2) is 4.68 Å². The number of thioether (sulfide) groups is 1. The van der Waals surface area contributed by atoms with Gasteiger partial charge in [0.05, 0.1) is 5.25 Å². The van der Waals surface area contributed by atoms with E-state index in [1.807, 2.05) is 13.0 Å². The van der Waals surface area contributed by atoms with Gasteiger partial charge in [-0.2, -0.15) is 0 Å². The predicted octanol–water partition coefficient (Wildman–Crippen LogP) is 2.38. The number of benzene rings is 1. The fraction of sp³-hybridized carbons (Fsp3) is 0.308. The maximum absolute atomic E-state index is 12.2. The molecular weight excluding hydrogens is 310 g/mol. The van der Waals surface area contributed by atoms with Crippen molar-refractivity contribution in [3.8, 4) is 0 Å². The first-order valence-corrected chi connectivity index (χ1v) is 7.55. The highest BCUT2D eigenvalue weighted by Gasteiger charge is 2.19. The lowest BCUT2D eigenvalue weighted by molar-refractivity contribution is -0.115. The first-order valence-electron chi connectivity index (χ1n) is 6.30. The molecule has 112 valence electrons. The van der Waals surface area contributed by atoms with Gasteiger partial charge in [-0.15, -0.1) is 10.2 Å². The number of anilines is 1. The molecule has 1 heterocycles. The minimum atomic E-state index is -0.366. The van der Waals surface area contributed by atoms with Crippen molar-refractivity contribution < 1.29 is 4.79 Å². The third kappa shape index (κ3) is 3.48. The molecule has 0 fully saturated rings. The van der Waals surface area contributed by atoms with Gasteiger partial charge in [0.15, 0.2) is 0 Å². The average Bonchev–Trinajstić information content (AvgIpc) is 2.75. The summed E-state index contributed by atoms with van der Waals surface area (Å²) in [6.07, 6.45) is 0. The molecule has 0 spiro atoms. The Balaban J connectivity index is 2.06. The monoisotopic (exact) mass is 325 g/mol. The number of carbonyl (C=O) groups is 1. The number of nitrogens with zero attached hydrogens (tertiary/aromatic N) is 3. The zero-order valence-electron chi connectivity index (χ0n) is 11.9. The number of carbonyl (C=O) groups excluding carboxylic acids is 1. The summed E-state index contributed by atoms with van der Waals surface area (Å²) in [5, 5.41) is 11.4. The molecule has 0 saturated carbocycles. The van der Waals surface area contributed by atoms with Crippen LogP contribution < -0.4 is 11.2 Å². The number of aryl methyl sites for hydroxylation is 1. The number of nitrogens with one attached hydrogen (secondary N) is 1. The second-order valence-electron chi connectivity index (χ2n) is 4.56. The van der Waals surface area contributed by atoms with Crippen LogP contribution in [0.1, 0.15) is 18.3 Å². The standard InChI is InChI=1S/C13H16ClN5OS/c1-7-10(14)5-4-6-11(7)16-12(20)8(2)21-13-18-17-9(3)19(13)15/h4-6,8H,15H2,1-3H3,(H,16,20)/t8-/m0/s1. The first-order chi connectivity index (χ1) is 9.90. The quantitative estimate of drug-likeness (QED) is 0.666. The molecular formula is C13H16ClN5OS. The second kappa shape index (κ2) is 6.36. The Bertz CT molecular complexity index is 673. The van der Waals surface area contributed by atoms with Crippen LogP contribution in [-0.4, -0.2) is 26.0 Å². The number of aromatic nitrogens is 3. The van der Waals surface area contributed by atoms with Crippen molar-refractivity contribution >= 4 is 35.0 Å². The molecule has 0 bridgehead atoms. The van der Waals surface area contributed by atoms with Gasteiger partial charge in [0.1, 0.15) is 5.82 Å². The van der Waals surface area contributed by atoms with E-state index < -0.39 is 0 Å².